The Labute approximate surface area is 201 Å². The Bertz CT molecular complexity index is 1330. The molecule has 7 nitrogen and oxygen atoms in total. The van der Waals surface area contributed by atoms with Gasteiger partial charge in [0.15, 0.2) is 0 Å². The van der Waals surface area contributed by atoms with E-state index in [2.05, 4.69) is 41.9 Å². The van der Waals surface area contributed by atoms with Gasteiger partial charge in [-0.05, 0) is 24.6 Å². The molecule has 172 valence electrons. The Balaban J connectivity index is 1.42. The molecule has 0 radical (unpaired) electrons. The van der Waals surface area contributed by atoms with Crippen LogP contribution in [0.25, 0.3) is 21.8 Å². The number of nitrogens with zero attached hydrogens (tertiary/aromatic N) is 3. The van der Waals surface area contributed by atoms with Gasteiger partial charge < -0.3 is 10.2 Å². The van der Waals surface area contributed by atoms with Crippen molar-refractivity contribution in [2.45, 2.75) is 13.5 Å². The summed E-state index contributed by atoms with van der Waals surface area (Å²) in [6.07, 6.45) is 0. The van der Waals surface area contributed by atoms with Crippen molar-refractivity contribution in [2.24, 2.45) is 0 Å². The highest BCUT2D eigenvalue weighted by Gasteiger charge is 2.18. The van der Waals surface area contributed by atoms with E-state index in [-0.39, 0.29) is 17.2 Å². The second kappa shape index (κ2) is 9.84. The molecule has 8 heteroatoms. The molecular formula is C26H24N4O3S. The summed E-state index contributed by atoms with van der Waals surface area (Å²) < 4.78 is 0. The zero-order valence-electron chi connectivity index (χ0n) is 19.1. The normalized spacial score (nSPS) is 10.7. The summed E-state index contributed by atoms with van der Waals surface area (Å²) >= 11 is 1.59. The van der Waals surface area contributed by atoms with Crippen LogP contribution in [0, 0.1) is 17.0 Å². The van der Waals surface area contributed by atoms with Crippen LogP contribution in [0.5, 0.6) is 0 Å². The largest absolute Gasteiger partial charge is 0.372 e. The molecule has 0 fully saturated rings. The number of hydrogen-bond donors (Lipinski definition) is 1. The highest BCUT2D eigenvalue weighted by molar-refractivity contribution is 7.13. The third-order valence-electron chi connectivity index (χ3n) is 5.42. The molecule has 0 spiro atoms. The standard InChI is InChI=1S/C26H24N4O3S/c1-17-4-8-19(9-5-17)22-16-34-26(28-22)20-10-6-18(7-11-20)15-27-25(31)21-12-13-23(29(2)3)24(14-21)30(32)33/h4-14,16H,15H2,1-3H3,(H,27,31). The quantitative estimate of drug-likeness (QED) is 0.276. The molecular weight excluding hydrogens is 448 g/mol. The van der Waals surface area contributed by atoms with E-state index in [1.165, 1.54) is 11.6 Å². The van der Waals surface area contributed by atoms with E-state index in [0.717, 1.165) is 27.4 Å². The third-order valence-corrected chi connectivity index (χ3v) is 6.31. The van der Waals surface area contributed by atoms with E-state index in [0.29, 0.717) is 12.2 Å². The van der Waals surface area contributed by atoms with Crippen LogP contribution in [0.4, 0.5) is 11.4 Å². The van der Waals surface area contributed by atoms with Crippen LogP contribution in [-0.4, -0.2) is 29.9 Å². The Morgan fingerprint density at radius 1 is 1.03 bits per heavy atom. The summed E-state index contributed by atoms with van der Waals surface area (Å²) in [5.41, 5.74) is 5.78. The Kier molecular flexibility index (Phi) is 6.70. The van der Waals surface area contributed by atoms with Gasteiger partial charge in [0.25, 0.3) is 11.6 Å². The van der Waals surface area contributed by atoms with Crippen molar-refractivity contribution >= 4 is 28.6 Å². The molecule has 0 aliphatic rings. The predicted molar refractivity (Wildman–Crippen MR) is 136 cm³/mol. The van der Waals surface area contributed by atoms with Crippen molar-refractivity contribution in [3.8, 4) is 21.8 Å². The van der Waals surface area contributed by atoms with E-state index < -0.39 is 4.92 Å². The first kappa shape index (κ1) is 23.1. The lowest BCUT2D eigenvalue weighted by Crippen LogP contribution is -2.23. The third kappa shape index (κ3) is 5.13. The minimum absolute atomic E-state index is 0.101. The fourth-order valence-corrected chi connectivity index (χ4v) is 4.34. The number of thiazole rings is 1. The minimum Gasteiger partial charge on any atom is -0.372 e. The maximum absolute atomic E-state index is 12.6. The second-order valence-corrected chi connectivity index (χ2v) is 9.00. The van der Waals surface area contributed by atoms with E-state index in [1.807, 2.05) is 24.3 Å². The molecule has 0 aliphatic heterocycles. The fraction of sp³-hybridized carbons (Fsp3) is 0.154. The van der Waals surface area contributed by atoms with Crippen molar-refractivity contribution in [2.75, 3.05) is 19.0 Å². The van der Waals surface area contributed by atoms with E-state index >= 15 is 0 Å². The highest BCUT2D eigenvalue weighted by Crippen LogP contribution is 2.30. The molecule has 1 aromatic heterocycles. The monoisotopic (exact) mass is 472 g/mol. The van der Waals surface area contributed by atoms with Crippen LogP contribution in [-0.2, 0) is 6.54 Å². The number of nitro benzene ring substituents is 1. The van der Waals surface area contributed by atoms with Gasteiger partial charge in [-0.15, -0.1) is 11.3 Å². The van der Waals surface area contributed by atoms with Gasteiger partial charge in [0, 0.05) is 48.8 Å². The second-order valence-electron chi connectivity index (χ2n) is 8.14. The van der Waals surface area contributed by atoms with Crippen molar-refractivity contribution < 1.29 is 9.72 Å². The molecule has 0 saturated carbocycles. The van der Waals surface area contributed by atoms with Gasteiger partial charge >= 0.3 is 0 Å². The van der Waals surface area contributed by atoms with Crippen LogP contribution in [0.3, 0.4) is 0 Å². The summed E-state index contributed by atoms with van der Waals surface area (Å²) in [7, 11) is 3.45. The molecule has 1 N–H and O–H groups in total. The molecule has 34 heavy (non-hydrogen) atoms. The van der Waals surface area contributed by atoms with Gasteiger partial charge in [0.2, 0.25) is 0 Å². The number of anilines is 1. The lowest BCUT2D eigenvalue weighted by atomic mass is 10.1. The number of carbonyl (C=O) groups is 1. The average Bonchev–Trinajstić information content (AvgIpc) is 3.33. The van der Waals surface area contributed by atoms with Gasteiger partial charge in [-0.2, -0.15) is 0 Å². The van der Waals surface area contributed by atoms with Gasteiger partial charge in [0.05, 0.1) is 10.6 Å². The number of carbonyl (C=O) groups excluding carboxylic acids is 1. The number of aryl methyl sites for hydroxylation is 1. The van der Waals surface area contributed by atoms with Crippen LogP contribution < -0.4 is 10.2 Å². The fourth-order valence-electron chi connectivity index (χ4n) is 3.50. The number of nitro groups is 1. The molecule has 0 unspecified atom stereocenters. The maximum atomic E-state index is 12.6. The molecule has 3 aromatic carbocycles. The zero-order chi connectivity index (χ0) is 24.2. The van der Waals surface area contributed by atoms with E-state index in [1.54, 1.807) is 42.5 Å². The minimum atomic E-state index is -0.478. The van der Waals surface area contributed by atoms with E-state index in [4.69, 9.17) is 4.98 Å². The van der Waals surface area contributed by atoms with Gasteiger partial charge in [-0.1, -0.05) is 54.1 Å². The molecule has 4 aromatic rings. The van der Waals surface area contributed by atoms with Crippen molar-refractivity contribution in [1.82, 2.24) is 10.3 Å². The molecule has 0 saturated heterocycles. The number of benzene rings is 3. The number of rotatable bonds is 7. The number of hydrogen-bond acceptors (Lipinski definition) is 6. The van der Waals surface area contributed by atoms with Gasteiger partial charge in [-0.3, -0.25) is 14.9 Å². The zero-order valence-corrected chi connectivity index (χ0v) is 19.9. The summed E-state index contributed by atoms with van der Waals surface area (Å²) in [5, 5.41) is 17.2. The first-order valence-electron chi connectivity index (χ1n) is 10.7. The molecule has 4 rings (SSSR count). The van der Waals surface area contributed by atoms with Crippen molar-refractivity contribution in [3.63, 3.8) is 0 Å². The van der Waals surface area contributed by atoms with Crippen LogP contribution >= 0.6 is 11.3 Å². The number of aromatic nitrogens is 1. The van der Waals surface area contributed by atoms with Crippen LogP contribution in [0.15, 0.2) is 72.1 Å². The van der Waals surface area contributed by atoms with Gasteiger partial charge in [-0.25, -0.2) is 4.98 Å². The Hall–Kier alpha value is -4.04. The molecule has 0 atom stereocenters. The average molecular weight is 473 g/mol. The van der Waals surface area contributed by atoms with Crippen LogP contribution in [0.1, 0.15) is 21.5 Å². The van der Waals surface area contributed by atoms with Crippen molar-refractivity contribution in [1.29, 1.82) is 0 Å². The van der Waals surface area contributed by atoms with Crippen molar-refractivity contribution in [3.05, 3.63) is 98.9 Å². The number of nitrogens with one attached hydrogen (secondary N) is 1. The molecule has 0 bridgehead atoms. The lowest BCUT2D eigenvalue weighted by Gasteiger charge is -2.13. The lowest BCUT2D eigenvalue weighted by molar-refractivity contribution is -0.384. The predicted octanol–water partition coefficient (Wildman–Crippen LogP) is 5.69. The topological polar surface area (TPSA) is 88.4 Å². The molecule has 0 aliphatic carbocycles. The first-order valence-corrected chi connectivity index (χ1v) is 11.6. The van der Waals surface area contributed by atoms with Gasteiger partial charge in [0.1, 0.15) is 10.7 Å². The summed E-state index contributed by atoms with van der Waals surface area (Å²) in [6, 6.07) is 20.6. The number of amides is 1. The smallest absolute Gasteiger partial charge is 0.293 e. The highest BCUT2D eigenvalue weighted by atomic mass is 32.1. The SMILES string of the molecule is Cc1ccc(-c2csc(-c3ccc(CNC(=O)c4ccc(N(C)C)c([N+](=O)[O-])c4)cc3)n2)cc1. The summed E-state index contributed by atoms with van der Waals surface area (Å²) in [5.74, 6) is -0.361. The molecule has 1 amide bonds. The summed E-state index contributed by atoms with van der Waals surface area (Å²) in [4.78, 5) is 29.9. The van der Waals surface area contributed by atoms with E-state index in [9.17, 15) is 14.9 Å². The summed E-state index contributed by atoms with van der Waals surface area (Å²) in [6.45, 7) is 2.37. The van der Waals surface area contributed by atoms with Crippen LogP contribution in [0.2, 0.25) is 0 Å². The first-order chi connectivity index (χ1) is 16.3. The Morgan fingerprint density at radius 3 is 2.35 bits per heavy atom. The maximum Gasteiger partial charge on any atom is 0.293 e. The Morgan fingerprint density at radius 2 is 1.71 bits per heavy atom. The molecule has 1 heterocycles.